The Kier molecular flexibility index (Phi) is 11.4. The van der Waals surface area contributed by atoms with Crippen LogP contribution in [0.25, 0.3) is 0 Å². The monoisotopic (exact) mass is 247 g/mol. The largest absolute Gasteiger partial charge is 0.469 e. The van der Waals surface area contributed by atoms with Crippen LogP contribution in [0.5, 0.6) is 0 Å². The molecule has 0 amide bonds. The van der Waals surface area contributed by atoms with Crippen molar-refractivity contribution in [3.63, 3.8) is 0 Å². The average Bonchev–Trinajstić information content (AvgIpc) is 2.35. The van der Waals surface area contributed by atoms with Crippen LogP contribution in [0.3, 0.4) is 0 Å². The van der Waals surface area contributed by atoms with Crippen LogP contribution in [-0.2, 0) is 19.0 Å². The third-order valence-electron chi connectivity index (χ3n) is 2.52. The molecule has 0 aromatic heterocycles. The molecule has 0 aliphatic heterocycles. The fourth-order valence-electron chi connectivity index (χ4n) is 1.54. The third-order valence-corrected chi connectivity index (χ3v) is 2.52. The van der Waals surface area contributed by atoms with Gasteiger partial charge in [0.1, 0.15) is 0 Å². The molecule has 0 saturated heterocycles. The lowest BCUT2D eigenvalue weighted by Gasteiger charge is -2.21. The SMILES string of the molecule is COCCCN(CCCC(=O)OC)CCOC. The van der Waals surface area contributed by atoms with E-state index in [4.69, 9.17) is 9.47 Å². The number of esters is 1. The molecule has 0 atom stereocenters. The van der Waals surface area contributed by atoms with E-state index in [1.807, 2.05) is 0 Å². The Morgan fingerprint density at radius 3 is 2.18 bits per heavy atom. The first-order valence-electron chi connectivity index (χ1n) is 6.01. The first-order valence-corrected chi connectivity index (χ1v) is 6.01. The van der Waals surface area contributed by atoms with Crippen molar-refractivity contribution in [2.24, 2.45) is 0 Å². The van der Waals surface area contributed by atoms with Gasteiger partial charge < -0.3 is 19.1 Å². The van der Waals surface area contributed by atoms with E-state index >= 15 is 0 Å². The first kappa shape index (κ1) is 16.4. The Hall–Kier alpha value is -0.650. The standard InChI is InChI=1S/C12H25NO4/c1-15-10-5-8-13(9-11-16-2)7-4-6-12(14)17-3/h4-11H2,1-3H3. The normalized spacial score (nSPS) is 10.8. The molecule has 0 saturated carbocycles. The molecule has 0 bridgehead atoms. The van der Waals surface area contributed by atoms with Gasteiger partial charge in [-0.1, -0.05) is 0 Å². The van der Waals surface area contributed by atoms with Gasteiger partial charge >= 0.3 is 5.97 Å². The Balaban J connectivity index is 3.71. The minimum Gasteiger partial charge on any atom is -0.469 e. The van der Waals surface area contributed by atoms with Crippen LogP contribution in [0.15, 0.2) is 0 Å². The fourth-order valence-corrected chi connectivity index (χ4v) is 1.54. The van der Waals surface area contributed by atoms with E-state index in [0.29, 0.717) is 13.0 Å². The molecule has 0 aliphatic rings. The summed E-state index contributed by atoms with van der Waals surface area (Å²) in [6.45, 7) is 4.23. The summed E-state index contributed by atoms with van der Waals surface area (Å²) in [6, 6.07) is 0. The van der Waals surface area contributed by atoms with E-state index in [-0.39, 0.29) is 5.97 Å². The summed E-state index contributed by atoms with van der Waals surface area (Å²) in [5.74, 6) is -0.145. The zero-order valence-electron chi connectivity index (χ0n) is 11.2. The molecule has 0 fully saturated rings. The summed E-state index contributed by atoms with van der Waals surface area (Å²) in [4.78, 5) is 13.3. The molecule has 0 radical (unpaired) electrons. The van der Waals surface area contributed by atoms with Crippen LogP contribution in [0.4, 0.5) is 0 Å². The molecule has 5 heteroatoms. The molecule has 0 unspecified atom stereocenters. The summed E-state index contributed by atoms with van der Waals surface area (Å²) in [7, 11) is 4.82. The van der Waals surface area contributed by atoms with Crippen molar-refractivity contribution in [3.05, 3.63) is 0 Å². The fraction of sp³-hybridized carbons (Fsp3) is 0.917. The van der Waals surface area contributed by atoms with E-state index in [1.54, 1.807) is 14.2 Å². The molecule has 0 rings (SSSR count). The summed E-state index contributed by atoms with van der Waals surface area (Å²) in [5.41, 5.74) is 0. The van der Waals surface area contributed by atoms with E-state index in [0.717, 1.165) is 39.1 Å². The maximum Gasteiger partial charge on any atom is 0.305 e. The van der Waals surface area contributed by atoms with E-state index < -0.39 is 0 Å². The summed E-state index contributed by atoms with van der Waals surface area (Å²) in [5, 5.41) is 0. The lowest BCUT2D eigenvalue weighted by atomic mass is 10.2. The van der Waals surface area contributed by atoms with Gasteiger partial charge in [-0.3, -0.25) is 4.79 Å². The van der Waals surface area contributed by atoms with Crippen molar-refractivity contribution >= 4 is 5.97 Å². The third kappa shape index (κ3) is 10.2. The topological polar surface area (TPSA) is 48.0 Å². The molecule has 0 N–H and O–H groups in total. The van der Waals surface area contributed by atoms with Crippen molar-refractivity contribution in [1.29, 1.82) is 0 Å². The first-order chi connectivity index (χ1) is 8.24. The molecule has 0 aromatic carbocycles. The number of carbonyl (C=O) groups is 1. The van der Waals surface area contributed by atoms with Gasteiger partial charge in [0.15, 0.2) is 0 Å². The number of hydrogen-bond acceptors (Lipinski definition) is 5. The number of carbonyl (C=O) groups excluding carboxylic acids is 1. The van der Waals surface area contributed by atoms with Crippen molar-refractivity contribution in [3.8, 4) is 0 Å². The van der Waals surface area contributed by atoms with Crippen molar-refractivity contribution < 1.29 is 19.0 Å². The second-order valence-electron chi connectivity index (χ2n) is 3.86. The number of hydrogen-bond donors (Lipinski definition) is 0. The van der Waals surface area contributed by atoms with Gasteiger partial charge in [0.25, 0.3) is 0 Å². The predicted molar refractivity (Wildman–Crippen MR) is 66.1 cm³/mol. The van der Waals surface area contributed by atoms with Crippen LogP contribution in [0.1, 0.15) is 19.3 Å². The van der Waals surface area contributed by atoms with Gasteiger partial charge in [-0.15, -0.1) is 0 Å². The number of methoxy groups -OCH3 is 3. The minimum atomic E-state index is -0.145. The van der Waals surface area contributed by atoms with Crippen LogP contribution < -0.4 is 0 Å². The lowest BCUT2D eigenvalue weighted by molar-refractivity contribution is -0.140. The van der Waals surface area contributed by atoms with Crippen LogP contribution in [-0.4, -0.2) is 65.0 Å². The number of ether oxygens (including phenoxy) is 3. The molecule has 0 heterocycles. The highest BCUT2D eigenvalue weighted by Crippen LogP contribution is 1.99. The van der Waals surface area contributed by atoms with Gasteiger partial charge in [0.05, 0.1) is 13.7 Å². The molecule has 17 heavy (non-hydrogen) atoms. The van der Waals surface area contributed by atoms with E-state index in [9.17, 15) is 4.79 Å². The zero-order valence-corrected chi connectivity index (χ0v) is 11.2. The van der Waals surface area contributed by atoms with E-state index in [2.05, 4.69) is 9.64 Å². The quantitative estimate of drug-likeness (QED) is 0.401. The highest BCUT2D eigenvalue weighted by molar-refractivity contribution is 5.69. The van der Waals surface area contributed by atoms with Gasteiger partial charge in [0, 0.05) is 40.3 Å². The highest BCUT2D eigenvalue weighted by atomic mass is 16.5. The maximum atomic E-state index is 11.0. The van der Waals surface area contributed by atoms with Crippen molar-refractivity contribution in [2.45, 2.75) is 19.3 Å². The average molecular weight is 247 g/mol. The Morgan fingerprint density at radius 1 is 0.941 bits per heavy atom. The van der Waals surface area contributed by atoms with Gasteiger partial charge in [-0.25, -0.2) is 0 Å². The highest BCUT2D eigenvalue weighted by Gasteiger charge is 2.06. The van der Waals surface area contributed by atoms with Crippen LogP contribution >= 0.6 is 0 Å². The number of rotatable bonds is 11. The molecule has 5 nitrogen and oxygen atoms in total. The van der Waals surface area contributed by atoms with Gasteiger partial charge in [-0.2, -0.15) is 0 Å². The smallest absolute Gasteiger partial charge is 0.305 e. The van der Waals surface area contributed by atoms with E-state index in [1.165, 1.54) is 7.11 Å². The van der Waals surface area contributed by atoms with Gasteiger partial charge in [0.2, 0.25) is 0 Å². The summed E-state index contributed by atoms with van der Waals surface area (Å²) >= 11 is 0. The Bertz CT molecular complexity index is 187. The molecular formula is C12H25NO4. The molecule has 0 aliphatic carbocycles. The lowest BCUT2D eigenvalue weighted by Crippen LogP contribution is -2.30. The molecule has 102 valence electrons. The zero-order chi connectivity index (χ0) is 12.9. The summed E-state index contributed by atoms with van der Waals surface area (Å²) in [6.07, 6.45) is 2.30. The second kappa shape index (κ2) is 11.8. The van der Waals surface area contributed by atoms with Crippen molar-refractivity contribution in [1.82, 2.24) is 4.90 Å². The molecular weight excluding hydrogens is 222 g/mol. The number of nitrogens with zero attached hydrogens (tertiary/aromatic N) is 1. The van der Waals surface area contributed by atoms with Crippen molar-refractivity contribution in [2.75, 3.05) is 54.2 Å². The Morgan fingerprint density at radius 2 is 1.59 bits per heavy atom. The minimum absolute atomic E-state index is 0.145. The molecule has 0 spiro atoms. The predicted octanol–water partition coefficient (Wildman–Crippen LogP) is 0.925. The maximum absolute atomic E-state index is 11.0. The van der Waals surface area contributed by atoms with Gasteiger partial charge in [-0.05, 0) is 19.4 Å². The Labute approximate surface area is 104 Å². The van der Waals surface area contributed by atoms with Crippen LogP contribution in [0, 0.1) is 0 Å². The summed E-state index contributed by atoms with van der Waals surface area (Å²) < 4.78 is 14.7. The molecule has 0 aromatic rings. The van der Waals surface area contributed by atoms with Crippen LogP contribution in [0.2, 0.25) is 0 Å². The second-order valence-corrected chi connectivity index (χ2v) is 3.86.